The van der Waals surface area contributed by atoms with Gasteiger partial charge in [-0.15, -0.1) is 0 Å². The monoisotopic (exact) mass is 405 g/mol. The summed E-state index contributed by atoms with van der Waals surface area (Å²) in [7, 11) is 0. The van der Waals surface area contributed by atoms with Crippen molar-refractivity contribution in [3.05, 3.63) is 71.8 Å². The number of rotatable bonds is 8. The van der Waals surface area contributed by atoms with Gasteiger partial charge in [0.15, 0.2) is 0 Å². The predicted octanol–water partition coefficient (Wildman–Crippen LogP) is 2.98. The second-order valence-corrected chi connectivity index (χ2v) is 8.33. The van der Waals surface area contributed by atoms with Gasteiger partial charge in [-0.25, -0.2) is 4.79 Å². The lowest BCUT2D eigenvalue weighted by Crippen LogP contribution is -2.47. The fourth-order valence-electron chi connectivity index (χ4n) is 4.04. The quantitative estimate of drug-likeness (QED) is 0.687. The molecule has 2 aromatic rings. The fourth-order valence-corrected chi connectivity index (χ4v) is 4.04. The van der Waals surface area contributed by atoms with Crippen LogP contribution in [0.2, 0.25) is 0 Å². The van der Waals surface area contributed by atoms with Gasteiger partial charge in [0, 0.05) is 13.1 Å². The van der Waals surface area contributed by atoms with Gasteiger partial charge in [-0.2, -0.15) is 0 Å². The zero-order valence-corrected chi connectivity index (χ0v) is 17.2. The lowest BCUT2D eigenvalue weighted by Gasteiger charge is -2.25. The first kappa shape index (κ1) is 20.1. The highest BCUT2D eigenvalue weighted by molar-refractivity contribution is 6.09. The molecule has 0 unspecified atom stereocenters. The standard InChI is InChI=1S/C24H27N3O3/c1-24(20-12-13-20)22(29)27(23(30)25-24)17-21(28)26(16-19-10-6-3-7-11-19)15-14-18-8-4-2-5-9-18/h2-11,20H,12-17H2,1H3,(H,25,30)/t24-/m1/s1. The third kappa shape index (κ3) is 4.22. The smallest absolute Gasteiger partial charge is 0.325 e. The number of urea groups is 1. The van der Waals surface area contributed by atoms with E-state index in [-0.39, 0.29) is 24.3 Å². The molecule has 1 aliphatic carbocycles. The Hall–Kier alpha value is -3.15. The van der Waals surface area contributed by atoms with E-state index in [1.54, 1.807) is 11.8 Å². The first-order chi connectivity index (χ1) is 14.5. The summed E-state index contributed by atoms with van der Waals surface area (Å²) >= 11 is 0. The van der Waals surface area contributed by atoms with Crippen LogP contribution in [0.5, 0.6) is 0 Å². The van der Waals surface area contributed by atoms with Crippen molar-refractivity contribution in [1.82, 2.24) is 15.1 Å². The minimum Gasteiger partial charge on any atom is -0.336 e. The number of hydrogen-bond donors (Lipinski definition) is 1. The molecular formula is C24H27N3O3. The van der Waals surface area contributed by atoms with Crippen molar-refractivity contribution in [2.45, 2.75) is 38.3 Å². The summed E-state index contributed by atoms with van der Waals surface area (Å²) in [5.74, 6) is -0.336. The molecule has 6 nitrogen and oxygen atoms in total. The maximum atomic E-state index is 13.2. The molecule has 1 saturated heterocycles. The summed E-state index contributed by atoms with van der Waals surface area (Å²) in [6.07, 6.45) is 2.57. The zero-order valence-electron chi connectivity index (χ0n) is 17.2. The molecule has 2 aliphatic rings. The minimum absolute atomic E-state index is 0.174. The maximum Gasteiger partial charge on any atom is 0.325 e. The van der Waals surface area contributed by atoms with E-state index in [0.717, 1.165) is 28.9 Å². The van der Waals surface area contributed by atoms with Gasteiger partial charge >= 0.3 is 6.03 Å². The van der Waals surface area contributed by atoms with Crippen LogP contribution in [0.25, 0.3) is 0 Å². The number of benzene rings is 2. The summed E-state index contributed by atoms with van der Waals surface area (Å²) in [5.41, 5.74) is 1.28. The largest absolute Gasteiger partial charge is 0.336 e. The van der Waals surface area contributed by atoms with E-state index in [4.69, 9.17) is 0 Å². The summed E-state index contributed by atoms with van der Waals surface area (Å²) < 4.78 is 0. The van der Waals surface area contributed by atoms with E-state index in [1.807, 2.05) is 60.7 Å². The summed E-state index contributed by atoms with van der Waals surface area (Å²) in [4.78, 5) is 41.3. The Balaban J connectivity index is 1.47. The highest BCUT2D eigenvalue weighted by Crippen LogP contribution is 2.42. The number of imide groups is 1. The first-order valence-corrected chi connectivity index (χ1v) is 10.5. The highest BCUT2D eigenvalue weighted by Gasteiger charge is 2.56. The molecule has 0 spiro atoms. The molecule has 0 aromatic heterocycles. The normalized spacial score (nSPS) is 20.9. The Morgan fingerprint density at radius 3 is 2.23 bits per heavy atom. The Kier molecular flexibility index (Phi) is 5.57. The van der Waals surface area contributed by atoms with E-state index in [9.17, 15) is 14.4 Å². The number of nitrogens with one attached hydrogen (secondary N) is 1. The molecule has 1 atom stereocenters. The van der Waals surface area contributed by atoms with Crippen molar-refractivity contribution in [2.75, 3.05) is 13.1 Å². The number of hydrogen-bond acceptors (Lipinski definition) is 3. The van der Waals surface area contributed by atoms with Gasteiger partial charge < -0.3 is 10.2 Å². The molecule has 30 heavy (non-hydrogen) atoms. The van der Waals surface area contributed by atoms with Crippen LogP contribution in [0.3, 0.4) is 0 Å². The molecule has 0 bridgehead atoms. The second kappa shape index (κ2) is 8.30. The van der Waals surface area contributed by atoms with E-state index < -0.39 is 11.6 Å². The molecule has 2 fully saturated rings. The van der Waals surface area contributed by atoms with Crippen molar-refractivity contribution in [1.29, 1.82) is 0 Å². The van der Waals surface area contributed by atoms with E-state index >= 15 is 0 Å². The van der Waals surface area contributed by atoms with Crippen molar-refractivity contribution in [3.63, 3.8) is 0 Å². The van der Waals surface area contributed by atoms with Gasteiger partial charge in [-0.05, 0) is 43.2 Å². The number of carbonyl (C=O) groups excluding carboxylic acids is 3. The Bertz CT molecular complexity index is 927. The first-order valence-electron chi connectivity index (χ1n) is 10.5. The molecular weight excluding hydrogens is 378 g/mol. The molecule has 1 N–H and O–H groups in total. The summed E-state index contributed by atoms with van der Waals surface area (Å²) in [5, 5.41) is 2.81. The van der Waals surface area contributed by atoms with Crippen molar-refractivity contribution < 1.29 is 14.4 Å². The van der Waals surface area contributed by atoms with Crippen molar-refractivity contribution >= 4 is 17.8 Å². The number of carbonyl (C=O) groups is 3. The molecule has 4 amide bonds. The number of nitrogens with zero attached hydrogens (tertiary/aromatic N) is 2. The van der Waals surface area contributed by atoms with E-state index in [2.05, 4.69) is 5.32 Å². The molecule has 2 aromatic carbocycles. The lowest BCUT2D eigenvalue weighted by atomic mass is 9.96. The molecule has 1 aliphatic heterocycles. The van der Waals surface area contributed by atoms with Gasteiger partial charge in [0.1, 0.15) is 12.1 Å². The van der Waals surface area contributed by atoms with Crippen LogP contribution < -0.4 is 5.32 Å². The van der Waals surface area contributed by atoms with Gasteiger partial charge in [0.2, 0.25) is 5.91 Å². The Morgan fingerprint density at radius 1 is 1.03 bits per heavy atom. The van der Waals surface area contributed by atoms with Crippen LogP contribution in [0.1, 0.15) is 30.9 Å². The van der Waals surface area contributed by atoms with Gasteiger partial charge in [0.05, 0.1) is 0 Å². The average Bonchev–Trinajstić information content (AvgIpc) is 3.58. The average molecular weight is 405 g/mol. The Morgan fingerprint density at radius 2 is 1.63 bits per heavy atom. The lowest BCUT2D eigenvalue weighted by molar-refractivity contribution is -0.139. The summed E-state index contributed by atoms with van der Waals surface area (Å²) in [6, 6.07) is 19.3. The zero-order chi connectivity index (χ0) is 21.1. The van der Waals surface area contributed by atoms with Crippen molar-refractivity contribution in [2.24, 2.45) is 5.92 Å². The van der Waals surface area contributed by atoms with Crippen molar-refractivity contribution in [3.8, 4) is 0 Å². The molecule has 6 heteroatoms. The third-order valence-electron chi connectivity index (χ3n) is 6.07. The molecule has 1 saturated carbocycles. The molecule has 0 radical (unpaired) electrons. The van der Waals surface area contributed by atoms with Crippen LogP contribution in [0.4, 0.5) is 4.79 Å². The van der Waals surface area contributed by atoms with Gasteiger partial charge in [-0.1, -0.05) is 60.7 Å². The highest BCUT2D eigenvalue weighted by atomic mass is 16.2. The molecule has 156 valence electrons. The molecule has 1 heterocycles. The second-order valence-electron chi connectivity index (χ2n) is 8.33. The topological polar surface area (TPSA) is 69.7 Å². The fraction of sp³-hybridized carbons (Fsp3) is 0.375. The van der Waals surface area contributed by atoms with Crippen LogP contribution >= 0.6 is 0 Å². The van der Waals surface area contributed by atoms with Crippen LogP contribution in [-0.2, 0) is 22.6 Å². The van der Waals surface area contributed by atoms with Gasteiger partial charge in [0.25, 0.3) is 5.91 Å². The number of amides is 4. The van der Waals surface area contributed by atoms with Crippen LogP contribution in [0.15, 0.2) is 60.7 Å². The maximum absolute atomic E-state index is 13.2. The predicted molar refractivity (Wildman–Crippen MR) is 113 cm³/mol. The minimum atomic E-state index is -0.869. The van der Waals surface area contributed by atoms with Crippen LogP contribution in [-0.4, -0.2) is 46.3 Å². The van der Waals surface area contributed by atoms with E-state index in [0.29, 0.717) is 19.5 Å². The van der Waals surface area contributed by atoms with Gasteiger partial charge in [-0.3, -0.25) is 14.5 Å². The molecule has 4 rings (SSSR count). The third-order valence-corrected chi connectivity index (χ3v) is 6.07. The SMILES string of the molecule is C[C@]1(C2CC2)NC(=O)N(CC(=O)N(CCc2ccccc2)Cc2ccccc2)C1=O. The van der Waals surface area contributed by atoms with Crippen LogP contribution in [0, 0.1) is 5.92 Å². The summed E-state index contributed by atoms with van der Waals surface area (Å²) in [6.45, 7) is 2.50. The van der Waals surface area contributed by atoms with E-state index in [1.165, 1.54) is 0 Å². The Labute approximate surface area is 176 Å².